The van der Waals surface area contributed by atoms with Crippen molar-refractivity contribution in [2.45, 2.75) is 0 Å². The lowest BCUT2D eigenvalue weighted by Crippen LogP contribution is -2.01. The highest BCUT2D eigenvalue weighted by Crippen LogP contribution is 2.23. The van der Waals surface area contributed by atoms with Crippen molar-refractivity contribution in [3.8, 4) is 5.75 Å². The van der Waals surface area contributed by atoms with Gasteiger partial charge in [0.25, 0.3) is 0 Å². The van der Waals surface area contributed by atoms with Gasteiger partial charge < -0.3 is 15.4 Å². The first-order valence-corrected chi connectivity index (χ1v) is 3.15. The van der Waals surface area contributed by atoms with Gasteiger partial charge in [-0.3, -0.25) is 0 Å². The summed E-state index contributed by atoms with van der Waals surface area (Å²) in [5.74, 6) is 0.573. The van der Waals surface area contributed by atoms with Crippen molar-refractivity contribution in [2.24, 2.45) is 0 Å². The molecule has 0 fully saturated rings. The Bertz CT molecular complexity index is 258. The Morgan fingerprint density at radius 2 is 2.45 bits per heavy atom. The van der Waals surface area contributed by atoms with Gasteiger partial charge in [0, 0.05) is 6.07 Å². The van der Waals surface area contributed by atoms with Crippen LogP contribution in [0.3, 0.4) is 0 Å². The van der Waals surface area contributed by atoms with Crippen LogP contribution in [0.5, 0.6) is 5.75 Å². The van der Waals surface area contributed by atoms with Crippen LogP contribution >= 0.6 is 11.6 Å². The molecular formula is C5H5BClN2O2. The fourth-order valence-electron chi connectivity index (χ4n) is 0.577. The molecule has 0 aliphatic carbocycles. The first-order valence-electron chi connectivity index (χ1n) is 2.77. The van der Waals surface area contributed by atoms with Crippen LogP contribution in [0.4, 0.5) is 5.82 Å². The molecule has 0 aliphatic rings. The molecule has 0 unspecified atom stereocenters. The Labute approximate surface area is 69.3 Å². The molecule has 0 aliphatic heterocycles. The summed E-state index contributed by atoms with van der Waals surface area (Å²) >= 11 is 5.63. The minimum absolute atomic E-state index is 0.267. The van der Waals surface area contributed by atoms with E-state index in [2.05, 4.69) is 9.64 Å². The zero-order valence-corrected chi connectivity index (χ0v) is 6.25. The summed E-state index contributed by atoms with van der Waals surface area (Å²) < 4.78 is 4.57. The standard InChI is InChI=1S/C5H5BClN2O2/c7-3-1-5(8)9-2-4(3)11-6-10/h1-2,10H,(H2,8,9). The lowest BCUT2D eigenvalue weighted by Gasteiger charge is -2.02. The van der Waals surface area contributed by atoms with Crippen molar-refractivity contribution in [1.82, 2.24) is 4.98 Å². The van der Waals surface area contributed by atoms with Crippen LogP contribution in [0.1, 0.15) is 0 Å². The van der Waals surface area contributed by atoms with Gasteiger partial charge in [0.1, 0.15) is 11.6 Å². The molecule has 4 nitrogen and oxygen atoms in total. The molecule has 3 N–H and O–H groups in total. The minimum atomic E-state index is 0.267. The van der Waals surface area contributed by atoms with Crippen LogP contribution in [0.2, 0.25) is 5.02 Å². The van der Waals surface area contributed by atoms with Crippen LogP contribution < -0.4 is 10.4 Å². The Balaban J connectivity index is 2.90. The number of hydrogen-bond acceptors (Lipinski definition) is 4. The normalized spacial score (nSPS) is 9.27. The zero-order chi connectivity index (χ0) is 8.27. The lowest BCUT2D eigenvalue weighted by molar-refractivity contribution is 0.453. The summed E-state index contributed by atoms with van der Waals surface area (Å²) in [5, 5.41) is 8.56. The predicted molar refractivity (Wildman–Crippen MR) is 42.3 cm³/mol. The molecule has 0 spiro atoms. The van der Waals surface area contributed by atoms with Gasteiger partial charge in [0.2, 0.25) is 0 Å². The highest BCUT2D eigenvalue weighted by atomic mass is 35.5. The van der Waals surface area contributed by atoms with Crippen LogP contribution in [0.15, 0.2) is 12.3 Å². The number of nitrogens with zero attached hydrogens (tertiary/aromatic N) is 1. The summed E-state index contributed by atoms with van der Waals surface area (Å²) in [6.45, 7) is 0. The van der Waals surface area contributed by atoms with Crippen molar-refractivity contribution in [3.05, 3.63) is 17.3 Å². The van der Waals surface area contributed by atoms with Gasteiger partial charge in [-0.1, -0.05) is 11.6 Å². The molecule has 0 aromatic carbocycles. The van der Waals surface area contributed by atoms with Crippen LogP contribution in [0, 0.1) is 0 Å². The van der Waals surface area contributed by atoms with Gasteiger partial charge >= 0.3 is 7.69 Å². The van der Waals surface area contributed by atoms with E-state index in [1.807, 2.05) is 0 Å². The second-order valence-corrected chi connectivity index (χ2v) is 2.17. The average Bonchev–Trinajstić information content (AvgIpc) is 1.95. The molecule has 1 aromatic rings. The molecule has 1 heterocycles. The lowest BCUT2D eigenvalue weighted by atomic mass is 10.3. The fourth-order valence-corrected chi connectivity index (χ4v) is 0.782. The molecule has 0 saturated heterocycles. The number of hydrogen-bond donors (Lipinski definition) is 2. The number of aromatic nitrogens is 1. The van der Waals surface area contributed by atoms with Gasteiger partial charge in [0.15, 0.2) is 0 Å². The second kappa shape index (κ2) is 3.45. The second-order valence-electron chi connectivity index (χ2n) is 1.76. The third-order valence-corrected chi connectivity index (χ3v) is 1.32. The van der Waals surface area contributed by atoms with E-state index in [-0.39, 0.29) is 5.75 Å². The van der Waals surface area contributed by atoms with Crippen LogP contribution in [0.25, 0.3) is 0 Å². The molecule has 1 radical (unpaired) electrons. The smallest absolute Gasteiger partial charge is 0.535 e. The van der Waals surface area contributed by atoms with Crippen LogP contribution in [-0.2, 0) is 0 Å². The molecule has 6 heteroatoms. The monoisotopic (exact) mass is 171 g/mol. The van der Waals surface area contributed by atoms with E-state index in [0.717, 1.165) is 0 Å². The summed E-state index contributed by atoms with van der Waals surface area (Å²) in [6.07, 6.45) is 1.32. The van der Waals surface area contributed by atoms with E-state index < -0.39 is 0 Å². The first kappa shape index (κ1) is 8.16. The van der Waals surface area contributed by atoms with Gasteiger partial charge in [-0.25, -0.2) is 4.98 Å². The number of nitrogen functional groups attached to an aromatic ring is 1. The number of rotatable bonds is 2. The minimum Gasteiger partial charge on any atom is -0.535 e. The number of pyridine rings is 1. The highest BCUT2D eigenvalue weighted by molar-refractivity contribution is 6.32. The number of halogens is 1. The van der Waals surface area contributed by atoms with Gasteiger partial charge in [-0.15, -0.1) is 0 Å². The first-order chi connectivity index (χ1) is 5.24. The maximum Gasteiger partial charge on any atom is 0.569 e. The Morgan fingerprint density at radius 1 is 1.73 bits per heavy atom. The van der Waals surface area contributed by atoms with E-state index >= 15 is 0 Å². The highest BCUT2D eigenvalue weighted by Gasteiger charge is 2.01. The average molecular weight is 171 g/mol. The fraction of sp³-hybridized carbons (Fsp3) is 0. The molecule has 11 heavy (non-hydrogen) atoms. The van der Waals surface area contributed by atoms with Crippen molar-refractivity contribution >= 4 is 25.1 Å². The Morgan fingerprint density at radius 3 is 3.00 bits per heavy atom. The van der Waals surface area contributed by atoms with Crippen molar-refractivity contribution in [2.75, 3.05) is 5.73 Å². The maximum absolute atomic E-state index is 8.25. The summed E-state index contributed by atoms with van der Waals surface area (Å²) in [6, 6.07) is 1.43. The molecule has 0 saturated carbocycles. The zero-order valence-electron chi connectivity index (χ0n) is 5.49. The molecule has 1 rings (SSSR count). The third kappa shape index (κ3) is 1.99. The largest absolute Gasteiger partial charge is 0.569 e. The van der Waals surface area contributed by atoms with Gasteiger partial charge in [0.05, 0.1) is 11.2 Å². The Hall–Kier alpha value is -0.935. The van der Waals surface area contributed by atoms with Crippen molar-refractivity contribution < 1.29 is 9.68 Å². The SMILES string of the molecule is Nc1cc(Cl)c(O[B]O)cn1. The molecule has 1 aromatic heterocycles. The van der Waals surface area contributed by atoms with E-state index in [9.17, 15) is 0 Å². The summed E-state index contributed by atoms with van der Waals surface area (Å²) in [4.78, 5) is 3.70. The van der Waals surface area contributed by atoms with Crippen molar-refractivity contribution in [1.29, 1.82) is 0 Å². The Kier molecular flexibility index (Phi) is 2.56. The predicted octanol–water partition coefficient (Wildman–Crippen LogP) is 0.223. The van der Waals surface area contributed by atoms with E-state index in [4.69, 9.17) is 22.4 Å². The number of anilines is 1. The van der Waals surface area contributed by atoms with E-state index in [1.54, 1.807) is 0 Å². The quantitative estimate of drug-likeness (QED) is 0.625. The summed E-state index contributed by atoms with van der Waals surface area (Å²) in [5.41, 5.74) is 5.30. The van der Waals surface area contributed by atoms with E-state index in [0.29, 0.717) is 18.5 Å². The number of nitrogens with two attached hydrogens (primary N) is 1. The molecular weight excluding hydrogens is 166 g/mol. The molecule has 57 valence electrons. The van der Waals surface area contributed by atoms with Crippen molar-refractivity contribution in [3.63, 3.8) is 0 Å². The molecule has 0 atom stereocenters. The van der Waals surface area contributed by atoms with Gasteiger partial charge in [-0.05, 0) is 0 Å². The molecule has 0 bridgehead atoms. The van der Waals surface area contributed by atoms with Gasteiger partial charge in [-0.2, -0.15) is 0 Å². The summed E-state index contributed by atoms with van der Waals surface area (Å²) in [7, 11) is 0.527. The topological polar surface area (TPSA) is 68.4 Å². The third-order valence-electron chi connectivity index (χ3n) is 1.02. The maximum atomic E-state index is 8.25. The van der Waals surface area contributed by atoms with Crippen LogP contribution in [-0.4, -0.2) is 17.7 Å². The molecule has 0 amide bonds. The van der Waals surface area contributed by atoms with E-state index in [1.165, 1.54) is 12.3 Å².